The molecule has 0 spiro atoms. The van der Waals surface area contributed by atoms with Crippen LogP contribution in [-0.2, 0) is 6.42 Å². The molecule has 0 unspecified atom stereocenters. The minimum absolute atomic E-state index is 0.572. The van der Waals surface area contributed by atoms with Gasteiger partial charge in [-0.15, -0.1) is 0 Å². The van der Waals surface area contributed by atoms with Gasteiger partial charge in [0.05, 0.1) is 0 Å². The molecule has 1 aromatic carbocycles. The molecule has 0 amide bonds. The van der Waals surface area contributed by atoms with Crippen LogP contribution in [0.2, 0.25) is 0 Å². The van der Waals surface area contributed by atoms with E-state index in [0.29, 0.717) is 6.04 Å². The molecule has 14 heavy (non-hydrogen) atoms. The van der Waals surface area contributed by atoms with Gasteiger partial charge in [0, 0.05) is 12.6 Å². The Balaban J connectivity index is 2.55. The first kappa shape index (κ1) is 11.2. The highest BCUT2D eigenvalue weighted by molar-refractivity contribution is 5.15. The summed E-state index contributed by atoms with van der Waals surface area (Å²) in [5.74, 6) is 0. The predicted molar refractivity (Wildman–Crippen MR) is 61.5 cm³/mol. The van der Waals surface area contributed by atoms with Crippen LogP contribution >= 0.6 is 0 Å². The average Bonchev–Trinajstić information content (AvgIpc) is 2.18. The molecule has 1 aromatic rings. The van der Waals surface area contributed by atoms with Crippen molar-refractivity contribution >= 4 is 0 Å². The molecule has 0 aliphatic carbocycles. The van der Waals surface area contributed by atoms with Crippen LogP contribution in [0.1, 0.15) is 5.56 Å². The highest BCUT2D eigenvalue weighted by atomic mass is 15.1. The second-order valence-corrected chi connectivity index (χ2v) is 3.86. The topological polar surface area (TPSA) is 15.3 Å². The first-order valence-electron chi connectivity index (χ1n) is 5.09. The predicted octanol–water partition coefficient (Wildman–Crippen LogP) is 1.38. The third kappa shape index (κ3) is 3.48. The van der Waals surface area contributed by atoms with E-state index in [1.165, 1.54) is 5.56 Å². The van der Waals surface area contributed by atoms with Gasteiger partial charge in [-0.1, -0.05) is 30.3 Å². The van der Waals surface area contributed by atoms with Gasteiger partial charge in [0.15, 0.2) is 0 Å². The smallest absolute Gasteiger partial charge is 0.0254 e. The van der Waals surface area contributed by atoms with Crippen molar-refractivity contribution in [3.05, 3.63) is 35.9 Å². The van der Waals surface area contributed by atoms with E-state index in [4.69, 9.17) is 0 Å². The molecule has 0 fully saturated rings. The van der Waals surface area contributed by atoms with Crippen molar-refractivity contribution in [3.8, 4) is 0 Å². The highest BCUT2D eigenvalue weighted by Crippen LogP contribution is 2.05. The van der Waals surface area contributed by atoms with E-state index >= 15 is 0 Å². The summed E-state index contributed by atoms with van der Waals surface area (Å²) in [6, 6.07) is 11.2. The lowest BCUT2D eigenvalue weighted by Crippen LogP contribution is -2.38. The molecule has 0 saturated heterocycles. The SMILES string of the molecule is CNC[C@H](Cc1ccccc1)N(C)C. The van der Waals surface area contributed by atoms with E-state index in [0.717, 1.165) is 13.0 Å². The maximum Gasteiger partial charge on any atom is 0.0254 e. The molecular formula is C12H20N2. The molecule has 1 N–H and O–H groups in total. The van der Waals surface area contributed by atoms with Crippen LogP contribution in [0.15, 0.2) is 30.3 Å². The van der Waals surface area contributed by atoms with Crippen molar-refractivity contribution in [2.75, 3.05) is 27.7 Å². The van der Waals surface area contributed by atoms with Gasteiger partial charge < -0.3 is 10.2 Å². The fraction of sp³-hybridized carbons (Fsp3) is 0.500. The Labute approximate surface area is 86.9 Å². The monoisotopic (exact) mass is 192 g/mol. The number of hydrogen-bond acceptors (Lipinski definition) is 2. The zero-order valence-electron chi connectivity index (χ0n) is 9.33. The maximum atomic E-state index is 3.23. The van der Waals surface area contributed by atoms with Gasteiger partial charge in [-0.05, 0) is 33.1 Å². The minimum atomic E-state index is 0.572. The van der Waals surface area contributed by atoms with Crippen LogP contribution in [0.25, 0.3) is 0 Å². The van der Waals surface area contributed by atoms with Crippen molar-refractivity contribution in [1.29, 1.82) is 0 Å². The fourth-order valence-corrected chi connectivity index (χ4v) is 1.56. The third-order valence-corrected chi connectivity index (χ3v) is 2.48. The molecule has 0 radical (unpaired) electrons. The lowest BCUT2D eigenvalue weighted by molar-refractivity contribution is 0.286. The van der Waals surface area contributed by atoms with E-state index in [1.54, 1.807) is 0 Å². The molecule has 0 saturated carbocycles. The standard InChI is InChI=1S/C12H20N2/c1-13-10-12(14(2)3)9-11-7-5-4-6-8-11/h4-8,12-13H,9-10H2,1-3H3/t12-/m0/s1. The maximum absolute atomic E-state index is 3.23. The van der Waals surface area contributed by atoms with Gasteiger partial charge in [0.1, 0.15) is 0 Å². The number of benzene rings is 1. The number of hydrogen-bond donors (Lipinski definition) is 1. The normalized spacial score (nSPS) is 13.1. The van der Waals surface area contributed by atoms with E-state index in [1.807, 2.05) is 7.05 Å². The van der Waals surface area contributed by atoms with Crippen LogP contribution in [0, 0.1) is 0 Å². The molecule has 0 aliphatic rings. The Morgan fingerprint density at radius 2 is 1.86 bits per heavy atom. The lowest BCUT2D eigenvalue weighted by atomic mass is 10.1. The molecule has 2 heteroatoms. The van der Waals surface area contributed by atoms with Crippen LogP contribution in [0.5, 0.6) is 0 Å². The molecule has 0 aromatic heterocycles. The van der Waals surface area contributed by atoms with Gasteiger partial charge in [-0.2, -0.15) is 0 Å². The second kappa shape index (κ2) is 5.78. The van der Waals surface area contributed by atoms with E-state index in [2.05, 4.69) is 54.6 Å². The van der Waals surface area contributed by atoms with Crippen LogP contribution in [0.3, 0.4) is 0 Å². The summed E-state index contributed by atoms with van der Waals surface area (Å²) in [4.78, 5) is 2.27. The van der Waals surface area contributed by atoms with Gasteiger partial charge in [-0.25, -0.2) is 0 Å². The number of nitrogens with zero attached hydrogens (tertiary/aromatic N) is 1. The number of likely N-dealkylation sites (N-methyl/N-ethyl adjacent to an activating group) is 2. The van der Waals surface area contributed by atoms with Crippen LogP contribution < -0.4 is 5.32 Å². The molecule has 1 rings (SSSR count). The average molecular weight is 192 g/mol. The van der Waals surface area contributed by atoms with Gasteiger partial charge >= 0.3 is 0 Å². The molecule has 78 valence electrons. The van der Waals surface area contributed by atoms with Gasteiger partial charge in [0.25, 0.3) is 0 Å². The van der Waals surface area contributed by atoms with Crippen molar-refractivity contribution in [3.63, 3.8) is 0 Å². The van der Waals surface area contributed by atoms with Crippen molar-refractivity contribution < 1.29 is 0 Å². The molecule has 0 bridgehead atoms. The molecule has 0 aliphatic heterocycles. The Hall–Kier alpha value is -0.860. The summed E-state index contributed by atoms with van der Waals surface area (Å²) < 4.78 is 0. The Bertz CT molecular complexity index is 244. The first-order valence-corrected chi connectivity index (χ1v) is 5.09. The van der Waals surface area contributed by atoms with Gasteiger partial charge in [-0.3, -0.25) is 0 Å². The fourth-order valence-electron chi connectivity index (χ4n) is 1.56. The van der Waals surface area contributed by atoms with E-state index in [9.17, 15) is 0 Å². The summed E-state index contributed by atoms with van der Waals surface area (Å²) in [7, 11) is 6.26. The summed E-state index contributed by atoms with van der Waals surface area (Å²) in [5, 5.41) is 3.23. The summed E-state index contributed by atoms with van der Waals surface area (Å²) >= 11 is 0. The second-order valence-electron chi connectivity index (χ2n) is 3.86. The number of rotatable bonds is 5. The first-order chi connectivity index (χ1) is 6.74. The number of nitrogens with one attached hydrogen (secondary N) is 1. The van der Waals surface area contributed by atoms with Crippen molar-refractivity contribution in [1.82, 2.24) is 10.2 Å². The Kier molecular flexibility index (Phi) is 4.63. The van der Waals surface area contributed by atoms with Crippen molar-refractivity contribution in [2.24, 2.45) is 0 Å². The van der Waals surface area contributed by atoms with E-state index in [-0.39, 0.29) is 0 Å². The van der Waals surface area contributed by atoms with Crippen LogP contribution in [-0.4, -0.2) is 38.6 Å². The van der Waals surface area contributed by atoms with E-state index < -0.39 is 0 Å². The zero-order chi connectivity index (χ0) is 10.4. The highest BCUT2D eigenvalue weighted by Gasteiger charge is 2.10. The Morgan fingerprint density at radius 3 is 2.36 bits per heavy atom. The summed E-state index contributed by atoms with van der Waals surface area (Å²) in [6.45, 7) is 1.03. The molecule has 0 heterocycles. The Morgan fingerprint density at radius 1 is 1.21 bits per heavy atom. The summed E-state index contributed by atoms with van der Waals surface area (Å²) in [5.41, 5.74) is 1.40. The summed E-state index contributed by atoms with van der Waals surface area (Å²) in [6.07, 6.45) is 1.11. The minimum Gasteiger partial charge on any atom is -0.318 e. The van der Waals surface area contributed by atoms with Gasteiger partial charge in [0.2, 0.25) is 0 Å². The van der Waals surface area contributed by atoms with Crippen molar-refractivity contribution in [2.45, 2.75) is 12.5 Å². The third-order valence-electron chi connectivity index (χ3n) is 2.48. The molecular weight excluding hydrogens is 172 g/mol. The quantitative estimate of drug-likeness (QED) is 0.758. The molecule has 2 nitrogen and oxygen atoms in total. The largest absolute Gasteiger partial charge is 0.318 e. The van der Waals surface area contributed by atoms with Crippen LogP contribution in [0.4, 0.5) is 0 Å². The zero-order valence-corrected chi connectivity index (χ0v) is 9.33. The molecule has 1 atom stereocenters. The lowest BCUT2D eigenvalue weighted by Gasteiger charge is -2.24.